The van der Waals surface area contributed by atoms with Crippen LogP contribution in [0.25, 0.3) is 0 Å². The van der Waals surface area contributed by atoms with Crippen LogP contribution in [0.2, 0.25) is 5.02 Å². The standard InChI is InChI=1S/C20H26ClNO4/c1-12(2)11-16(23)17-18(14-5-7-15(21)8-6-14)22(20(25)19(17)24)9-10-26-13(3)4/h5-8,12-13,18,24H,9-11H2,1-4H3. The van der Waals surface area contributed by atoms with Gasteiger partial charge < -0.3 is 14.7 Å². The van der Waals surface area contributed by atoms with Crippen molar-refractivity contribution in [3.8, 4) is 0 Å². The molecule has 0 aromatic heterocycles. The van der Waals surface area contributed by atoms with E-state index < -0.39 is 17.7 Å². The molecule has 0 spiro atoms. The lowest BCUT2D eigenvalue weighted by Gasteiger charge is -2.27. The Balaban J connectivity index is 2.38. The van der Waals surface area contributed by atoms with Gasteiger partial charge in [-0.1, -0.05) is 37.6 Å². The van der Waals surface area contributed by atoms with Crippen molar-refractivity contribution < 1.29 is 19.4 Å². The molecule has 1 aromatic carbocycles. The normalized spacial score (nSPS) is 17.7. The first-order valence-corrected chi connectivity index (χ1v) is 9.24. The van der Waals surface area contributed by atoms with Crippen molar-refractivity contribution >= 4 is 23.3 Å². The van der Waals surface area contributed by atoms with Gasteiger partial charge in [-0.15, -0.1) is 0 Å². The fraction of sp³-hybridized carbons (Fsp3) is 0.500. The molecule has 6 heteroatoms. The van der Waals surface area contributed by atoms with E-state index in [2.05, 4.69) is 0 Å². The van der Waals surface area contributed by atoms with Crippen molar-refractivity contribution in [2.24, 2.45) is 5.92 Å². The van der Waals surface area contributed by atoms with Crippen LogP contribution in [0.1, 0.15) is 45.7 Å². The molecule has 0 saturated carbocycles. The largest absolute Gasteiger partial charge is 0.503 e. The number of ketones is 1. The molecule has 1 atom stereocenters. The van der Waals surface area contributed by atoms with Gasteiger partial charge in [0.25, 0.3) is 5.91 Å². The molecule has 2 rings (SSSR count). The Hall–Kier alpha value is -1.85. The predicted octanol–water partition coefficient (Wildman–Crippen LogP) is 4.08. The molecule has 0 saturated heterocycles. The van der Waals surface area contributed by atoms with E-state index in [1.54, 1.807) is 24.3 Å². The maximum Gasteiger partial charge on any atom is 0.290 e. The van der Waals surface area contributed by atoms with E-state index in [0.717, 1.165) is 5.56 Å². The quantitative estimate of drug-likeness (QED) is 0.739. The molecule has 1 amide bonds. The van der Waals surface area contributed by atoms with E-state index in [1.165, 1.54) is 4.90 Å². The molecule has 1 heterocycles. The number of hydrogen-bond acceptors (Lipinski definition) is 4. The smallest absolute Gasteiger partial charge is 0.290 e. The topological polar surface area (TPSA) is 66.8 Å². The number of Topliss-reactive ketones (excluding diaryl/α,β-unsaturated/α-hetero) is 1. The predicted molar refractivity (Wildman–Crippen MR) is 101 cm³/mol. The van der Waals surface area contributed by atoms with Gasteiger partial charge in [0, 0.05) is 18.0 Å². The lowest BCUT2D eigenvalue weighted by atomic mass is 9.92. The molecule has 1 aromatic rings. The van der Waals surface area contributed by atoms with E-state index in [4.69, 9.17) is 16.3 Å². The Bertz CT molecular complexity index is 694. The third-order valence-electron chi connectivity index (χ3n) is 4.17. The zero-order valence-electron chi connectivity index (χ0n) is 15.7. The number of ether oxygens (including phenoxy) is 1. The summed E-state index contributed by atoms with van der Waals surface area (Å²) >= 11 is 5.97. The number of amides is 1. The van der Waals surface area contributed by atoms with Crippen molar-refractivity contribution in [2.75, 3.05) is 13.2 Å². The van der Waals surface area contributed by atoms with Crippen LogP contribution in [0.3, 0.4) is 0 Å². The molecule has 26 heavy (non-hydrogen) atoms. The average Bonchev–Trinajstić information content (AvgIpc) is 2.79. The summed E-state index contributed by atoms with van der Waals surface area (Å²) in [7, 11) is 0. The van der Waals surface area contributed by atoms with Crippen molar-refractivity contribution in [1.29, 1.82) is 0 Å². The van der Waals surface area contributed by atoms with Gasteiger partial charge in [-0.2, -0.15) is 0 Å². The number of aliphatic hydroxyl groups excluding tert-OH is 1. The summed E-state index contributed by atoms with van der Waals surface area (Å²) in [5.41, 5.74) is 0.902. The third-order valence-corrected chi connectivity index (χ3v) is 4.42. The first-order chi connectivity index (χ1) is 12.2. The zero-order valence-corrected chi connectivity index (χ0v) is 16.4. The highest BCUT2D eigenvalue weighted by molar-refractivity contribution is 6.30. The number of aliphatic hydroxyl groups is 1. The summed E-state index contributed by atoms with van der Waals surface area (Å²) < 4.78 is 5.55. The minimum Gasteiger partial charge on any atom is -0.503 e. The van der Waals surface area contributed by atoms with Crippen molar-refractivity contribution in [1.82, 2.24) is 4.90 Å². The number of halogens is 1. The lowest BCUT2D eigenvalue weighted by molar-refractivity contribution is -0.130. The van der Waals surface area contributed by atoms with Gasteiger partial charge in [-0.05, 0) is 37.5 Å². The molecular formula is C20H26ClNO4. The second-order valence-electron chi connectivity index (χ2n) is 7.16. The summed E-state index contributed by atoms with van der Waals surface area (Å²) in [6.07, 6.45) is 0.304. The number of benzene rings is 1. The van der Waals surface area contributed by atoms with E-state index in [9.17, 15) is 14.7 Å². The van der Waals surface area contributed by atoms with Crippen LogP contribution >= 0.6 is 11.6 Å². The number of carbonyl (C=O) groups is 2. The number of rotatable bonds is 8. The molecular weight excluding hydrogens is 354 g/mol. The highest BCUT2D eigenvalue weighted by Crippen LogP contribution is 2.38. The van der Waals surface area contributed by atoms with Crippen LogP contribution in [-0.2, 0) is 14.3 Å². The summed E-state index contributed by atoms with van der Waals surface area (Å²) in [4.78, 5) is 26.8. The van der Waals surface area contributed by atoms with Gasteiger partial charge in [-0.25, -0.2) is 0 Å². The molecule has 0 aliphatic carbocycles. The molecule has 1 aliphatic heterocycles. The van der Waals surface area contributed by atoms with Crippen LogP contribution in [-0.4, -0.2) is 41.0 Å². The van der Waals surface area contributed by atoms with Gasteiger partial charge in [0.15, 0.2) is 11.5 Å². The fourth-order valence-electron chi connectivity index (χ4n) is 3.03. The second kappa shape index (κ2) is 8.69. The minimum absolute atomic E-state index is 0.0327. The van der Waals surface area contributed by atoms with Gasteiger partial charge in [0.05, 0.1) is 24.3 Å². The maximum absolute atomic E-state index is 12.7. The summed E-state index contributed by atoms with van der Waals surface area (Å²) in [5.74, 6) is -1.08. The summed E-state index contributed by atoms with van der Waals surface area (Å²) in [5, 5.41) is 11.0. The van der Waals surface area contributed by atoms with Crippen LogP contribution in [0.4, 0.5) is 0 Å². The third kappa shape index (κ3) is 4.65. The minimum atomic E-state index is -0.623. The number of carbonyl (C=O) groups excluding carboxylic acids is 2. The van der Waals surface area contributed by atoms with Gasteiger partial charge in [0.1, 0.15) is 0 Å². The SMILES string of the molecule is CC(C)CC(=O)C1=C(O)C(=O)N(CCOC(C)C)C1c1ccc(Cl)cc1. The molecule has 0 radical (unpaired) electrons. The first kappa shape index (κ1) is 20.5. The van der Waals surface area contributed by atoms with Gasteiger partial charge in [0.2, 0.25) is 0 Å². The molecule has 0 bridgehead atoms. The Kier molecular flexibility index (Phi) is 6.84. The lowest BCUT2D eigenvalue weighted by Crippen LogP contribution is -2.34. The molecule has 5 nitrogen and oxygen atoms in total. The number of hydrogen-bond donors (Lipinski definition) is 1. The number of nitrogens with zero attached hydrogens (tertiary/aromatic N) is 1. The average molecular weight is 380 g/mol. The Morgan fingerprint density at radius 1 is 1.23 bits per heavy atom. The van der Waals surface area contributed by atoms with Gasteiger partial charge in [-0.3, -0.25) is 9.59 Å². The van der Waals surface area contributed by atoms with Crippen molar-refractivity contribution in [3.63, 3.8) is 0 Å². The Morgan fingerprint density at radius 2 is 1.85 bits per heavy atom. The molecule has 1 N–H and O–H groups in total. The summed E-state index contributed by atoms with van der Waals surface area (Å²) in [6, 6.07) is 6.35. The monoisotopic (exact) mass is 379 g/mol. The zero-order chi connectivity index (χ0) is 19.4. The highest BCUT2D eigenvalue weighted by atomic mass is 35.5. The van der Waals surface area contributed by atoms with Crippen molar-refractivity contribution in [3.05, 3.63) is 46.2 Å². The molecule has 1 aliphatic rings. The van der Waals surface area contributed by atoms with Crippen LogP contribution in [0, 0.1) is 5.92 Å². The fourth-order valence-corrected chi connectivity index (χ4v) is 3.15. The molecule has 0 fully saturated rings. The van der Waals surface area contributed by atoms with E-state index in [1.807, 2.05) is 27.7 Å². The Labute approximate surface area is 159 Å². The van der Waals surface area contributed by atoms with Crippen LogP contribution in [0.5, 0.6) is 0 Å². The van der Waals surface area contributed by atoms with Crippen LogP contribution < -0.4 is 0 Å². The Morgan fingerprint density at radius 3 is 2.38 bits per heavy atom. The van der Waals surface area contributed by atoms with Crippen LogP contribution in [0.15, 0.2) is 35.6 Å². The van der Waals surface area contributed by atoms with E-state index in [0.29, 0.717) is 11.6 Å². The highest BCUT2D eigenvalue weighted by Gasteiger charge is 2.43. The molecule has 1 unspecified atom stereocenters. The van der Waals surface area contributed by atoms with Gasteiger partial charge >= 0.3 is 0 Å². The second-order valence-corrected chi connectivity index (χ2v) is 7.59. The molecule has 142 valence electrons. The summed E-state index contributed by atoms with van der Waals surface area (Å²) in [6.45, 7) is 8.29. The van der Waals surface area contributed by atoms with E-state index in [-0.39, 0.29) is 36.3 Å². The first-order valence-electron chi connectivity index (χ1n) is 8.86. The van der Waals surface area contributed by atoms with E-state index >= 15 is 0 Å². The van der Waals surface area contributed by atoms with Crippen molar-refractivity contribution in [2.45, 2.75) is 46.3 Å². The maximum atomic E-state index is 12.7.